The number of carbonyl (C=O) groups excluding carboxylic acids is 1. The van der Waals surface area contributed by atoms with E-state index in [1.807, 2.05) is 44.7 Å². The fraction of sp³-hybridized carbons (Fsp3) is 0.632. The van der Waals surface area contributed by atoms with Gasteiger partial charge in [-0.25, -0.2) is 0 Å². The monoisotopic (exact) mass is 369 g/mol. The Morgan fingerprint density at radius 3 is 2.41 bits per heavy atom. The van der Waals surface area contributed by atoms with Gasteiger partial charge in [0.25, 0.3) is 5.91 Å². The van der Waals surface area contributed by atoms with E-state index in [0.717, 1.165) is 36.0 Å². The summed E-state index contributed by atoms with van der Waals surface area (Å²) in [7, 11) is 0. The van der Waals surface area contributed by atoms with Crippen molar-refractivity contribution in [3.05, 3.63) is 33.8 Å². The third-order valence-corrected chi connectivity index (χ3v) is 4.01. The van der Waals surface area contributed by atoms with Gasteiger partial charge in [0, 0.05) is 23.1 Å². The van der Waals surface area contributed by atoms with Crippen molar-refractivity contribution in [2.24, 2.45) is 0 Å². The second-order valence-electron chi connectivity index (χ2n) is 4.90. The van der Waals surface area contributed by atoms with Crippen molar-refractivity contribution in [1.29, 1.82) is 0 Å². The zero-order chi connectivity index (χ0) is 17.0. The van der Waals surface area contributed by atoms with E-state index < -0.39 is 0 Å². The van der Waals surface area contributed by atoms with Gasteiger partial charge in [-0.05, 0) is 36.6 Å². The van der Waals surface area contributed by atoms with Crippen LogP contribution in [0.5, 0.6) is 0 Å². The van der Waals surface area contributed by atoms with Crippen molar-refractivity contribution in [3.8, 4) is 0 Å². The Balaban J connectivity index is 0.00000102. The molecule has 0 spiro atoms. The number of hydrogen-bond donors (Lipinski definition) is 0. The first-order chi connectivity index (χ1) is 10.7. The first-order valence-electron chi connectivity index (χ1n) is 8.80. The number of nitrogens with zero attached hydrogens (tertiary/aromatic N) is 1. The largest absolute Gasteiger partial charge is 0.338 e. The molecule has 0 saturated carbocycles. The highest BCUT2D eigenvalue weighted by Gasteiger charge is 2.23. The molecule has 2 nitrogen and oxygen atoms in total. The molecule has 0 N–H and O–H groups in total. The molecular weight excluding hydrogens is 338 g/mol. The molecule has 1 aliphatic rings. The Hall–Kier alpha value is -0.830. The van der Waals surface area contributed by atoms with Gasteiger partial charge < -0.3 is 4.90 Å². The number of rotatable bonds is 5. The van der Waals surface area contributed by atoms with E-state index in [9.17, 15) is 4.79 Å². The van der Waals surface area contributed by atoms with Gasteiger partial charge in [0.2, 0.25) is 0 Å². The van der Waals surface area contributed by atoms with Crippen LogP contribution in [-0.4, -0.2) is 23.9 Å². The molecule has 126 valence electrons. The third kappa shape index (κ3) is 6.51. The first-order valence-corrected chi connectivity index (χ1v) is 9.59. The van der Waals surface area contributed by atoms with Gasteiger partial charge in [-0.3, -0.25) is 4.79 Å². The topological polar surface area (TPSA) is 20.3 Å². The van der Waals surface area contributed by atoms with Crippen LogP contribution in [-0.2, 0) is 6.42 Å². The second-order valence-corrected chi connectivity index (χ2v) is 5.82. The van der Waals surface area contributed by atoms with Crippen molar-refractivity contribution in [1.82, 2.24) is 4.90 Å². The molecule has 0 bridgehead atoms. The fourth-order valence-corrected chi connectivity index (χ4v) is 2.86. The molecule has 3 heteroatoms. The molecule has 1 heterocycles. The SMILES string of the molecule is CC.CC.CCCCCCN1CCc2cc(Br)ccc2C1=O. The summed E-state index contributed by atoms with van der Waals surface area (Å²) >= 11 is 3.46. The number of amides is 1. The van der Waals surface area contributed by atoms with E-state index in [1.54, 1.807) is 0 Å². The Morgan fingerprint density at radius 1 is 1.09 bits per heavy atom. The van der Waals surface area contributed by atoms with Crippen LogP contribution in [0.4, 0.5) is 0 Å². The van der Waals surface area contributed by atoms with Crippen LogP contribution in [0.1, 0.15) is 76.2 Å². The fourth-order valence-electron chi connectivity index (χ4n) is 2.45. The van der Waals surface area contributed by atoms with Crippen molar-refractivity contribution in [2.75, 3.05) is 13.1 Å². The van der Waals surface area contributed by atoms with Crippen LogP contribution in [0, 0.1) is 0 Å². The van der Waals surface area contributed by atoms with E-state index in [0.29, 0.717) is 0 Å². The van der Waals surface area contributed by atoms with Gasteiger partial charge in [-0.1, -0.05) is 69.8 Å². The summed E-state index contributed by atoms with van der Waals surface area (Å²) in [6.07, 6.45) is 5.85. The van der Waals surface area contributed by atoms with Gasteiger partial charge in [-0.2, -0.15) is 0 Å². The van der Waals surface area contributed by atoms with Crippen LogP contribution in [0.2, 0.25) is 0 Å². The number of unbranched alkanes of at least 4 members (excludes halogenated alkanes) is 3. The summed E-state index contributed by atoms with van der Waals surface area (Å²) < 4.78 is 1.06. The molecule has 0 aromatic heterocycles. The van der Waals surface area contributed by atoms with Gasteiger partial charge in [-0.15, -0.1) is 0 Å². The highest BCUT2D eigenvalue weighted by molar-refractivity contribution is 9.10. The lowest BCUT2D eigenvalue weighted by Gasteiger charge is -2.28. The lowest BCUT2D eigenvalue weighted by Crippen LogP contribution is -2.38. The Kier molecular flexibility index (Phi) is 12.2. The van der Waals surface area contributed by atoms with E-state index in [-0.39, 0.29) is 5.91 Å². The van der Waals surface area contributed by atoms with Gasteiger partial charge in [0.15, 0.2) is 0 Å². The summed E-state index contributed by atoms with van der Waals surface area (Å²) in [6.45, 7) is 12.0. The summed E-state index contributed by atoms with van der Waals surface area (Å²) in [4.78, 5) is 14.3. The Morgan fingerprint density at radius 2 is 1.77 bits per heavy atom. The van der Waals surface area contributed by atoms with Crippen LogP contribution < -0.4 is 0 Å². The molecule has 0 atom stereocenters. The summed E-state index contributed by atoms with van der Waals surface area (Å²) in [5.74, 6) is 0.209. The summed E-state index contributed by atoms with van der Waals surface area (Å²) in [5.41, 5.74) is 2.07. The summed E-state index contributed by atoms with van der Waals surface area (Å²) in [6, 6.07) is 5.97. The van der Waals surface area contributed by atoms with Crippen LogP contribution >= 0.6 is 15.9 Å². The highest BCUT2D eigenvalue weighted by Crippen LogP contribution is 2.23. The molecule has 22 heavy (non-hydrogen) atoms. The first kappa shape index (κ1) is 21.2. The molecule has 0 fully saturated rings. The smallest absolute Gasteiger partial charge is 0.254 e. The van der Waals surface area contributed by atoms with E-state index in [2.05, 4.69) is 28.9 Å². The van der Waals surface area contributed by atoms with Crippen LogP contribution in [0.3, 0.4) is 0 Å². The maximum absolute atomic E-state index is 12.3. The second kappa shape index (κ2) is 12.7. The molecular formula is C19H32BrNO. The number of carbonyl (C=O) groups is 1. The average molecular weight is 370 g/mol. The molecule has 2 rings (SSSR count). The van der Waals surface area contributed by atoms with Crippen LogP contribution in [0.25, 0.3) is 0 Å². The van der Waals surface area contributed by atoms with E-state index in [4.69, 9.17) is 0 Å². The highest BCUT2D eigenvalue weighted by atomic mass is 79.9. The zero-order valence-electron chi connectivity index (χ0n) is 14.9. The predicted octanol–water partition coefficient (Wildman–Crippen LogP) is 6.08. The third-order valence-electron chi connectivity index (χ3n) is 3.52. The Bertz CT molecular complexity index is 431. The molecule has 0 radical (unpaired) electrons. The normalized spacial score (nSPS) is 12.6. The molecule has 0 unspecified atom stereocenters. The van der Waals surface area contributed by atoms with Crippen molar-refractivity contribution >= 4 is 21.8 Å². The average Bonchev–Trinajstić information content (AvgIpc) is 2.57. The zero-order valence-corrected chi connectivity index (χ0v) is 16.5. The number of fused-ring (bicyclic) bond motifs is 1. The van der Waals surface area contributed by atoms with Gasteiger partial charge in [0.05, 0.1) is 0 Å². The molecule has 1 amide bonds. The quantitative estimate of drug-likeness (QED) is 0.575. The molecule has 1 aromatic carbocycles. The van der Waals surface area contributed by atoms with Gasteiger partial charge >= 0.3 is 0 Å². The van der Waals surface area contributed by atoms with E-state index in [1.165, 1.54) is 24.8 Å². The maximum atomic E-state index is 12.3. The van der Waals surface area contributed by atoms with Crippen LogP contribution in [0.15, 0.2) is 22.7 Å². The Labute approximate surface area is 145 Å². The predicted molar refractivity (Wildman–Crippen MR) is 101 cm³/mol. The standard InChI is InChI=1S/C15H20BrNO.2C2H6/c1-2-3-4-5-9-17-10-8-12-11-13(16)6-7-14(12)15(17)18;2*1-2/h6-7,11H,2-5,8-10H2,1H3;2*1-2H3. The van der Waals surface area contributed by atoms with Crippen molar-refractivity contribution in [2.45, 2.75) is 66.7 Å². The minimum absolute atomic E-state index is 0.209. The van der Waals surface area contributed by atoms with E-state index >= 15 is 0 Å². The maximum Gasteiger partial charge on any atom is 0.254 e. The molecule has 1 aromatic rings. The molecule has 1 aliphatic heterocycles. The van der Waals surface area contributed by atoms with Gasteiger partial charge in [0.1, 0.15) is 0 Å². The minimum Gasteiger partial charge on any atom is -0.338 e. The lowest BCUT2D eigenvalue weighted by molar-refractivity contribution is 0.0736. The van der Waals surface area contributed by atoms with Crippen molar-refractivity contribution in [3.63, 3.8) is 0 Å². The number of halogens is 1. The molecule has 0 aliphatic carbocycles. The minimum atomic E-state index is 0.209. The summed E-state index contributed by atoms with van der Waals surface area (Å²) in [5, 5.41) is 0. The molecule has 0 saturated heterocycles. The number of hydrogen-bond acceptors (Lipinski definition) is 1. The number of benzene rings is 1. The van der Waals surface area contributed by atoms with Crippen molar-refractivity contribution < 1.29 is 4.79 Å². The lowest BCUT2D eigenvalue weighted by atomic mass is 9.99.